The monoisotopic (exact) mass is 614 g/mol. The van der Waals surface area contributed by atoms with E-state index in [4.69, 9.17) is 12.3 Å². The van der Waals surface area contributed by atoms with Crippen LogP contribution in [0.15, 0.2) is 200 Å². The number of fused-ring (bicyclic) bond motifs is 1. The van der Waals surface area contributed by atoms with Crippen LogP contribution in [-0.4, -0.2) is 0 Å². The number of nitrogens with zero attached hydrogens (tertiary/aromatic N) is 1. The van der Waals surface area contributed by atoms with E-state index >= 15 is 0 Å². The van der Waals surface area contributed by atoms with Crippen molar-refractivity contribution in [2.75, 3.05) is 4.90 Å². The fourth-order valence-corrected chi connectivity index (χ4v) is 5.32. The number of hydrogen-bond acceptors (Lipinski definition) is 1. The quantitative estimate of drug-likeness (QED) is 0.173. The Kier molecular flexibility index (Phi) is 4.42. The number of benzene rings is 8. The zero-order valence-electron chi connectivity index (χ0n) is 39.8. The predicted molar refractivity (Wildman–Crippen MR) is 200 cm³/mol. The smallest absolute Gasteiger partial charge is 0.0645 e. The minimum Gasteiger partial charge on any atom is -0.311 e. The Labute approximate surface area is 297 Å². The lowest BCUT2D eigenvalue weighted by Crippen LogP contribution is -2.09. The molecule has 8 aromatic rings. The van der Waals surface area contributed by atoms with Crippen LogP contribution in [0.5, 0.6) is 0 Å². The summed E-state index contributed by atoms with van der Waals surface area (Å²) in [5, 5.41) is -0.964. The summed E-state index contributed by atoms with van der Waals surface area (Å²) < 4.78 is 133. The highest BCUT2D eigenvalue weighted by atomic mass is 15.1. The first kappa shape index (κ1) is 16.4. The standard InChI is InChI=1S/C46H33N/c1-4-10-34(11-5-1)37-20-26-44(27-21-37)47(45-28-22-38(23-29-45)35-12-6-2-7-13-35)46-30-24-39(25-31-46)42-19-17-40-16-18-41(32-43(40)33-42)36-14-8-3-9-15-36/h1-33H/i3D,8D,9D,14D,15D,16D,17D,18D,19D,24D,25D,30D,31D,32D,33D. The molecule has 0 aromatic heterocycles. The SMILES string of the molecule is [2H]c1c([2H])c([2H])c(-c2c([2H])c([2H])c3c([2H])c([2H])c(-c4c([2H])c([2H])c(N(c5ccc(-c6ccccc6)cc5)c5ccc(-c6ccccc6)cc5)c([2H])c4[2H])c([2H])c3c2[2H])c([2H])c1[2H]. The van der Waals surface area contributed by atoms with Gasteiger partial charge in [-0.2, -0.15) is 0 Å². The van der Waals surface area contributed by atoms with Crippen LogP contribution >= 0.6 is 0 Å². The van der Waals surface area contributed by atoms with Crippen LogP contribution in [0.4, 0.5) is 17.1 Å². The Morgan fingerprint density at radius 1 is 0.298 bits per heavy atom. The van der Waals surface area contributed by atoms with E-state index < -0.39 is 124 Å². The van der Waals surface area contributed by atoms with Crippen molar-refractivity contribution in [3.05, 3.63) is 200 Å². The third kappa shape index (κ3) is 5.95. The van der Waals surface area contributed by atoms with Crippen molar-refractivity contribution >= 4 is 27.8 Å². The lowest BCUT2D eigenvalue weighted by Gasteiger charge is -2.26. The number of anilines is 3. The molecule has 0 atom stereocenters. The van der Waals surface area contributed by atoms with Crippen molar-refractivity contribution in [1.29, 1.82) is 0 Å². The summed E-state index contributed by atoms with van der Waals surface area (Å²) in [5.74, 6) is 0. The van der Waals surface area contributed by atoms with Gasteiger partial charge < -0.3 is 4.90 Å². The minimum absolute atomic E-state index is 0.148. The first-order valence-electron chi connectivity index (χ1n) is 22.4. The molecule has 0 bridgehead atoms. The Bertz CT molecular complexity index is 2960. The van der Waals surface area contributed by atoms with E-state index in [0.29, 0.717) is 11.4 Å². The maximum atomic E-state index is 9.43. The highest BCUT2D eigenvalue weighted by Crippen LogP contribution is 2.38. The Hall–Kier alpha value is -6.18. The van der Waals surface area contributed by atoms with Gasteiger partial charge in [0.1, 0.15) is 0 Å². The molecule has 0 amide bonds. The molecular weight excluding hydrogens is 567 g/mol. The van der Waals surface area contributed by atoms with E-state index in [0.717, 1.165) is 22.3 Å². The topological polar surface area (TPSA) is 3.24 Å². The predicted octanol–water partition coefficient (Wildman–Crippen LogP) is 13.0. The largest absolute Gasteiger partial charge is 0.311 e. The van der Waals surface area contributed by atoms with Gasteiger partial charge in [-0.3, -0.25) is 0 Å². The van der Waals surface area contributed by atoms with Crippen LogP contribution in [0.2, 0.25) is 0 Å². The molecule has 222 valence electrons. The normalized spacial score (nSPS) is 15.4. The third-order valence-corrected chi connectivity index (χ3v) is 7.68. The van der Waals surface area contributed by atoms with Crippen LogP contribution in [-0.2, 0) is 0 Å². The fourth-order valence-electron chi connectivity index (χ4n) is 5.32. The van der Waals surface area contributed by atoms with Crippen LogP contribution in [0.25, 0.3) is 55.3 Å². The van der Waals surface area contributed by atoms with E-state index in [1.165, 1.54) is 0 Å². The molecule has 0 radical (unpaired) electrons. The zero-order valence-corrected chi connectivity index (χ0v) is 24.8. The summed E-state index contributed by atoms with van der Waals surface area (Å²) >= 11 is 0. The average molecular weight is 615 g/mol. The molecule has 0 heterocycles. The van der Waals surface area contributed by atoms with Crippen molar-refractivity contribution in [1.82, 2.24) is 0 Å². The van der Waals surface area contributed by atoms with Gasteiger partial charge in [0.25, 0.3) is 0 Å². The molecule has 0 aliphatic rings. The van der Waals surface area contributed by atoms with E-state index in [9.17, 15) is 8.22 Å². The van der Waals surface area contributed by atoms with Gasteiger partial charge in [-0.15, -0.1) is 0 Å². The lowest BCUT2D eigenvalue weighted by atomic mass is 9.97. The maximum absolute atomic E-state index is 9.43. The minimum atomic E-state index is -0.761. The summed E-state index contributed by atoms with van der Waals surface area (Å²) in [6.45, 7) is 0. The first-order valence-corrected chi connectivity index (χ1v) is 14.9. The van der Waals surface area contributed by atoms with Gasteiger partial charge in [-0.05, 0) is 104 Å². The van der Waals surface area contributed by atoms with E-state index in [1.807, 2.05) is 84.9 Å². The zero-order chi connectivity index (χ0) is 44.5. The van der Waals surface area contributed by atoms with E-state index in [-0.39, 0.29) is 5.69 Å². The molecule has 0 spiro atoms. The number of rotatable bonds is 7. The van der Waals surface area contributed by atoms with Crippen LogP contribution in [0.3, 0.4) is 0 Å². The molecule has 8 aromatic carbocycles. The summed E-state index contributed by atoms with van der Waals surface area (Å²) in [6.07, 6.45) is 0. The average Bonchev–Trinajstić information content (AvgIpc) is 3.29. The molecule has 0 N–H and O–H groups in total. The molecule has 0 unspecified atom stereocenters. The van der Waals surface area contributed by atoms with Gasteiger partial charge in [-0.1, -0.05) is 151 Å². The van der Waals surface area contributed by atoms with Gasteiger partial charge in [0.05, 0.1) is 20.6 Å². The van der Waals surface area contributed by atoms with Gasteiger partial charge in [-0.25, -0.2) is 0 Å². The molecule has 0 aliphatic carbocycles. The molecule has 0 fully saturated rings. The van der Waals surface area contributed by atoms with Gasteiger partial charge in [0, 0.05) is 17.1 Å². The summed E-state index contributed by atoms with van der Waals surface area (Å²) in [5.41, 5.74) is 2.37. The van der Waals surface area contributed by atoms with Crippen molar-refractivity contribution in [2.24, 2.45) is 0 Å². The highest BCUT2D eigenvalue weighted by molar-refractivity contribution is 5.91. The highest BCUT2D eigenvalue weighted by Gasteiger charge is 2.14. The van der Waals surface area contributed by atoms with Crippen molar-refractivity contribution < 1.29 is 20.6 Å². The fraction of sp³-hybridized carbons (Fsp3) is 0. The second kappa shape index (κ2) is 12.7. The molecule has 0 saturated heterocycles. The lowest BCUT2D eigenvalue weighted by molar-refractivity contribution is 1.28. The van der Waals surface area contributed by atoms with Gasteiger partial charge in [0.15, 0.2) is 0 Å². The molecular formula is C46H33N. The molecule has 0 saturated carbocycles. The Morgan fingerprint density at radius 2 is 0.723 bits per heavy atom. The molecule has 47 heavy (non-hydrogen) atoms. The summed E-state index contributed by atoms with van der Waals surface area (Å²) in [4.78, 5) is 1.59. The van der Waals surface area contributed by atoms with Crippen LogP contribution in [0.1, 0.15) is 20.6 Å². The maximum Gasteiger partial charge on any atom is 0.0645 e. The van der Waals surface area contributed by atoms with Crippen molar-refractivity contribution in [3.8, 4) is 44.5 Å². The molecule has 0 aliphatic heterocycles. The van der Waals surface area contributed by atoms with Crippen molar-refractivity contribution in [3.63, 3.8) is 0 Å². The second-order valence-corrected chi connectivity index (χ2v) is 10.6. The van der Waals surface area contributed by atoms with Gasteiger partial charge >= 0.3 is 0 Å². The van der Waals surface area contributed by atoms with Crippen LogP contribution < -0.4 is 4.90 Å². The molecule has 1 nitrogen and oxygen atoms in total. The van der Waals surface area contributed by atoms with E-state index in [2.05, 4.69) is 0 Å². The van der Waals surface area contributed by atoms with Crippen molar-refractivity contribution in [2.45, 2.75) is 0 Å². The molecule has 8 rings (SSSR count). The summed E-state index contributed by atoms with van der Waals surface area (Å²) in [7, 11) is 0. The first-order chi connectivity index (χ1) is 29.6. The second-order valence-electron chi connectivity index (χ2n) is 10.6. The van der Waals surface area contributed by atoms with E-state index in [1.54, 1.807) is 29.2 Å². The number of hydrogen-bond donors (Lipinski definition) is 0. The Morgan fingerprint density at radius 3 is 1.21 bits per heavy atom. The van der Waals surface area contributed by atoms with Crippen LogP contribution in [0, 0.1) is 0 Å². The molecule has 1 heteroatoms. The van der Waals surface area contributed by atoms with Gasteiger partial charge in [0.2, 0.25) is 0 Å². The Balaban J connectivity index is 1.37. The summed E-state index contributed by atoms with van der Waals surface area (Å²) in [6, 6.07) is 23.5. The third-order valence-electron chi connectivity index (χ3n) is 7.68.